The molecule has 0 bridgehead atoms. The molecule has 6 nitrogen and oxygen atoms in total. The number of carbonyl (C=O) groups excluding carboxylic acids is 3. The van der Waals surface area contributed by atoms with E-state index < -0.39 is 0 Å². The molecule has 1 aromatic carbocycles. The second kappa shape index (κ2) is 10.5. The van der Waals surface area contributed by atoms with Crippen LogP contribution >= 0.6 is 0 Å². The zero-order chi connectivity index (χ0) is 20.6. The van der Waals surface area contributed by atoms with Crippen LogP contribution in [0, 0.1) is 5.92 Å². The maximum Gasteiger partial charge on any atom is 0.225 e. The highest BCUT2D eigenvalue weighted by molar-refractivity contribution is 5.96. The molecule has 1 heterocycles. The van der Waals surface area contributed by atoms with Crippen LogP contribution in [-0.4, -0.2) is 54.2 Å². The molecule has 2 N–H and O–H groups in total. The molecule has 0 radical (unpaired) electrons. The van der Waals surface area contributed by atoms with Gasteiger partial charge >= 0.3 is 0 Å². The number of piperazine rings is 1. The van der Waals surface area contributed by atoms with Gasteiger partial charge in [0.25, 0.3) is 0 Å². The van der Waals surface area contributed by atoms with Gasteiger partial charge in [-0.2, -0.15) is 0 Å². The van der Waals surface area contributed by atoms with Gasteiger partial charge in [0.1, 0.15) is 0 Å². The van der Waals surface area contributed by atoms with Gasteiger partial charge in [-0.25, -0.2) is 0 Å². The minimum atomic E-state index is 0.0107. The maximum atomic E-state index is 12.7. The molecule has 1 saturated carbocycles. The van der Waals surface area contributed by atoms with Crippen molar-refractivity contribution in [2.75, 3.05) is 19.6 Å². The van der Waals surface area contributed by atoms with Crippen LogP contribution in [0.5, 0.6) is 0 Å². The summed E-state index contributed by atoms with van der Waals surface area (Å²) < 4.78 is 0. The van der Waals surface area contributed by atoms with Crippen LogP contribution in [0.4, 0.5) is 0 Å². The Kier molecular flexibility index (Phi) is 7.81. The summed E-state index contributed by atoms with van der Waals surface area (Å²) in [5, 5.41) is 6.46. The zero-order valence-corrected chi connectivity index (χ0v) is 17.4. The Hall–Kier alpha value is -2.21. The van der Waals surface area contributed by atoms with Gasteiger partial charge in [0.2, 0.25) is 11.8 Å². The number of Topliss-reactive ketones (excluding diaryl/α,β-unsaturated/α-hetero) is 1. The van der Waals surface area contributed by atoms with Gasteiger partial charge < -0.3 is 15.5 Å². The Labute approximate surface area is 173 Å². The van der Waals surface area contributed by atoms with Crippen molar-refractivity contribution >= 4 is 17.6 Å². The first-order valence-corrected chi connectivity index (χ1v) is 10.9. The quantitative estimate of drug-likeness (QED) is 0.691. The summed E-state index contributed by atoms with van der Waals surface area (Å²) in [6, 6.07) is 9.71. The lowest BCUT2D eigenvalue weighted by atomic mass is 9.85. The number of ketones is 1. The molecule has 3 rings (SSSR count). The first kappa shape index (κ1) is 21.5. The van der Waals surface area contributed by atoms with Crippen molar-refractivity contribution in [1.82, 2.24) is 15.5 Å². The highest BCUT2D eigenvalue weighted by Gasteiger charge is 2.31. The smallest absolute Gasteiger partial charge is 0.225 e. The molecule has 0 aromatic heterocycles. The summed E-state index contributed by atoms with van der Waals surface area (Å²) in [5.41, 5.74) is 0.703. The molecule has 0 spiro atoms. The van der Waals surface area contributed by atoms with Crippen LogP contribution in [-0.2, 0) is 9.59 Å². The molecule has 1 saturated heterocycles. The summed E-state index contributed by atoms with van der Waals surface area (Å²) in [5.74, 6) is 0.468. The Morgan fingerprint density at radius 3 is 2.48 bits per heavy atom. The molecule has 2 amide bonds. The number of amides is 2. The zero-order valence-electron chi connectivity index (χ0n) is 17.4. The lowest BCUT2D eigenvalue weighted by molar-refractivity contribution is -0.137. The normalized spacial score (nSPS) is 24.7. The van der Waals surface area contributed by atoms with Crippen molar-refractivity contribution in [3.63, 3.8) is 0 Å². The van der Waals surface area contributed by atoms with Gasteiger partial charge in [0.15, 0.2) is 5.78 Å². The number of hydrogen-bond acceptors (Lipinski definition) is 4. The second-order valence-corrected chi connectivity index (χ2v) is 8.40. The first-order valence-electron chi connectivity index (χ1n) is 10.9. The molecule has 1 aliphatic carbocycles. The van der Waals surface area contributed by atoms with Crippen molar-refractivity contribution in [2.45, 2.75) is 64.0 Å². The van der Waals surface area contributed by atoms with E-state index in [4.69, 9.17) is 0 Å². The third-order valence-electron chi connectivity index (χ3n) is 6.03. The molecule has 1 atom stereocenters. The molecular weight excluding hydrogens is 366 g/mol. The van der Waals surface area contributed by atoms with E-state index in [1.165, 1.54) is 0 Å². The Morgan fingerprint density at radius 1 is 1.07 bits per heavy atom. The number of carbonyl (C=O) groups is 3. The molecular formula is C23H33N3O3. The first-order chi connectivity index (χ1) is 14.0. The van der Waals surface area contributed by atoms with Gasteiger partial charge in [0.05, 0.1) is 0 Å². The largest absolute Gasteiger partial charge is 0.353 e. The maximum absolute atomic E-state index is 12.7. The molecule has 1 aromatic rings. The molecule has 2 aliphatic rings. The van der Waals surface area contributed by atoms with E-state index in [1.807, 2.05) is 35.2 Å². The van der Waals surface area contributed by atoms with Gasteiger partial charge in [0, 0.05) is 56.0 Å². The summed E-state index contributed by atoms with van der Waals surface area (Å²) in [4.78, 5) is 39.0. The predicted molar refractivity (Wildman–Crippen MR) is 113 cm³/mol. The number of rotatable bonds is 7. The number of nitrogens with zero attached hydrogens (tertiary/aromatic N) is 1. The van der Waals surface area contributed by atoms with Crippen LogP contribution in [0.1, 0.15) is 62.2 Å². The highest BCUT2D eigenvalue weighted by atomic mass is 16.2. The molecule has 6 heteroatoms. The van der Waals surface area contributed by atoms with Crippen LogP contribution in [0.15, 0.2) is 30.3 Å². The average molecular weight is 400 g/mol. The third-order valence-corrected chi connectivity index (χ3v) is 6.03. The SMILES string of the molecule is C[C@@H]1CN(C(=O)C2CCC(NC(=O)CCCC(=O)c3ccccc3)CC2)CCN1. The van der Waals surface area contributed by atoms with Crippen LogP contribution in [0.25, 0.3) is 0 Å². The van der Waals surface area contributed by atoms with Crippen LogP contribution in [0.2, 0.25) is 0 Å². The number of benzene rings is 1. The topological polar surface area (TPSA) is 78.5 Å². The van der Waals surface area contributed by atoms with Crippen molar-refractivity contribution in [3.05, 3.63) is 35.9 Å². The summed E-state index contributed by atoms with van der Waals surface area (Å²) in [7, 11) is 0. The summed E-state index contributed by atoms with van der Waals surface area (Å²) in [6.07, 6.45) is 4.72. The standard InChI is InChI=1S/C23H33N3O3/c1-17-16-26(15-14-24-17)23(29)19-10-12-20(13-11-19)25-22(28)9-5-8-21(27)18-6-3-2-4-7-18/h2-4,6-7,17,19-20,24H,5,8-16H2,1H3,(H,25,28)/t17-,19?,20?/m1/s1. The fourth-order valence-corrected chi connectivity index (χ4v) is 4.35. The van der Waals surface area contributed by atoms with Crippen molar-refractivity contribution in [2.24, 2.45) is 5.92 Å². The van der Waals surface area contributed by atoms with E-state index in [9.17, 15) is 14.4 Å². The lowest BCUT2D eigenvalue weighted by Crippen LogP contribution is -2.53. The van der Waals surface area contributed by atoms with Gasteiger partial charge in [-0.05, 0) is 39.0 Å². The van der Waals surface area contributed by atoms with E-state index in [-0.39, 0.29) is 29.6 Å². The molecule has 0 unspecified atom stereocenters. The van der Waals surface area contributed by atoms with Crippen molar-refractivity contribution < 1.29 is 14.4 Å². The minimum Gasteiger partial charge on any atom is -0.353 e. The molecule has 1 aliphatic heterocycles. The third kappa shape index (κ3) is 6.39. The van der Waals surface area contributed by atoms with Gasteiger partial charge in [-0.15, -0.1) is 0 Å². The number of nitrogens with one attached hydrogen (secondary N) is 2. The van der Waals surface area contributed by atoms with Gasteiger partial charge in [-0.3, -0.25) is 14.4 Å². The molecule has 29 heavy (non-hydrogen) atoms. The highest BCUT2D eigenvalue weighted by Crippen LogP contribution is 2.26. The van der Waals surface area contributed by atoms with Crippen molar-refractivity contribution in [1.29, 1.82) is 0 Å². The lowest BCUT2D eigenvalue weighted by Gasteiger charge is -2.36. The predicted octanol–water partition coefficient (Wildman–Crippen LogP) is 2.53. The Bertz CT molecular complexity index is 699. The summed E-state index contributed by atoms with van der Waals surface area (Å²) >= 11 is 0. The fourth-order valence-electron chi connectivity index (χ4n) is 4.35. The fraction of sp³-hybridized carbons (Fsp3) is 0.609. The van der Waals surface area contributed by atoms with E-state index in [1.54, 1.807) is 0 Å². The van der Waals surface area contributed by atoms with E-state index in [2.05, 4.69) is 17.6 Å². The molecule has 2 fully saturated rings. The number of hydrogen-bond donors (Lipinski definition) is 2. The minimum absolute atomic E-state index is 0.0107. The van der Waals surface area contributed by atoms with E-state index in [0.717, 1.165) is 45.3 Å². The van der Waals surface area contributed by atoms with Crippen molar-refractivity contribution in [3.8, 4) is 0 Å². The van der Waals surface area contributed by atoms with E-state index in [0.29, 0.717) is 30.9 Å². The molecule has 158 valence electrons. The van der Waals surface area contributed by atoms with E-state index >= 15 is 0 Å². The Balaban J connectivity index is 1.33. The average Bonchev–Trinajstić information content (AvgIpc) is 2.74. The Morgan fingerprint density at radius 2 is 1.79 bits per heavy atom. The summed E-state index contributed by atoms with van der Waals surface area (Å²) in [6.45, 7) is 4.56. The van der Waals surface area contributed by atoms with Crippen LogP contribution < -0.4 is 10.6 Å². The monoisotopic (exact) mass is 399 g/mol. The van der Waals surface area contributed by atoms with Crippen LogP contribution in [0.3, 0.4) is 0 Å². The van der Waals surface area contributed by atoms with Gasteiger partial charge in [-0.1, -0.05) is 30.3 Å². The second-order valence-electron chi connectivity index (χ2n) is 8.40.